The Morgan fingerprint density at radius 1 is 0.950 bits per heavy atom. The van der Waals surface area contributed by atoms with Crippen LogP contribution in [0.1, 0.15) is 63.4 Å². The molecule has 7 nitrogen and oxygen atoms in total. The van der Waals surface area contributed by atoms with Crippen molar-refractivity contribution >= 4 is 34.1 Å². The molecule has 2 amide bonds. The third-order valence-electron chi connectivity index (χ3n) is 6.40. The van der Waals surface area contributed by atoms with Gasteiger partial charge in [-0.25, -0.2) is 10.4 Å². The van der Waals surface area contributed by atoms with Crippen molar-refractivity contribution in [1.29, 1.82) is 0 Å². The summed E-state index contributed by atoms with van der Waals surface area (Å²) in [6.07, 6.45) is 2.05. The second kappa shape index (κ2) is 12.6. The van der Waals surface area contributed by atoms with Crippen LogP contribution in [0.15, 0.2) is 84.0 Å². The fourth-order valence-corrected chi connectivity index (χ4v) is 3.99. The number of nitrogens with one attached hydrogen (secondary N) is 2. The molecular weight excluding hydrogens is 500 g/mol. The summed E-state index contributed by atoms with van der Waals surface area (Å²) in [5, 5.41) is 8.03. The second-order valence-electron chi connectivity index (χ2n) is 10.7. The van der Waals surface area contributed by atoms with E-state index in [9.17, 15) is 9.59 Å². The molecule has 40 heavy (non-hydrogen) atoms. The van der Waals surface area contributed by atoms with Crippen LogP contribution >= 0.6 is 0 Å². The molecule has 0 aliphatic rings. The number of rotatable bonds is 9. The highest BCUT2D eigenvalue weighted by Crippen LogP contribution is 2.27. The molecule has 0 aliphatic carbocycles. The molecule has 1 aromatic heterocycles. The van der Waals surface area contributed by atoms with Gasteiger partial charge in [0, 0.05) is 22.1 Å². The second-order valence-corrected chi connectivity index (χ2v) is 10.7. The molecule has 3 aromatic carbocycles. The first-order valence-electron chi connectivity index (χ1n) is 13.6. The van der Waals surface area contributed by atoms with Crippen molar-refractivity contribution in [1.82, 2.24) is 10.4 Å². The van der Waals surface area contributed by atoms with Crippen LogP contribution in [0, 0.1) is 5.41 Å². The molecule has 0 fully saturated rings. The van der Waals surface area contributed by atoms with E-state index in [4.69, 9.17) is 9.72 Å². The molecule has 7 heteroatoms. The number of fused-ring (bicyclic) bond motifs is 1. The number of hydrogen-bond acceptors (Lipinski definition) is 5. The summed E-state index contributed by atoms with van der Waals surface area (Å²) < 4.78 is 5.88. The van der Waals surface area contributed by atoms with Crippen molar-refractivity contribution in [3.05, 3.63) is 90.0 Å². The Morgan fingerprint density at radius 3 is 2.50 bits per heavy atom. The van der Waals surface area contributed by atoms with Crippen molar-refractivity contribution in [3.8, 4) is 17.0 Å². The van der Waals surface area contributed by atoms with Gasteiger partial charge in [-0.05, 0) is 55.3 Å². The van der Waals surface area contributed by atoms with Crippen LogP contribution in [0.3, 0.4) is 0 Å². The minimum absolute atomic E-state index is 0.0778. The Bertz CT molecular complexity index is 1550. The smallest absolute Gasteiger partial charge is 0.272 e. The average molecular weight is 537 g/mol. The molecule has 1 heterocycles. The molecule has 0 saturated carbocycles. The van der Waals surface area contributed by atoms with E-state index in [0.717, 1.165) is 35.1 Å². The maximum atomic E-state index is 13.4. The maximum absolute atomic E-state index is 13.4. The highest BCUT2D eigenvalue weighted by Gasteiger charge is 2.21. The van der Waals surface area contributed by atoms with E-state index in [1.54, 1.807) is 6.07 Å². The topological polar surface area (TPSA) is 92.7 Å². The van der Waals surface area contributed by atoms with Crippen molar-refractivity contribution in [2.24, 2.45) is 10.5 Å². The van der Waals surface area contributed by atoms with Crippen molar-refractivity contribution in [2.45, 2.75) is 47.5 Å². The number of pyridine rings is 1. The van der Waals surface area contributed by atoms with Gasteiger partial charge in [0.05, 0.1) is 29.1 Å². The summed E-state index contributed by atoms with van der Waals surface area (Å²) in [7, 11) is 0. The molecule has 0 unspecified atom stereocenters. The number of aromatic nitrogens is 1. The largest absolute Gasteiger partial charge is 0.494 e. The predicted molar refractivity (Wildman–Crippen MR) is 162 cm³/mol. The number of carbonyl (C=O) groups excluding carboxylic acids is 2. The molecule has 0 atom stereocenters. The van der Waals surface area contributed by atoms with Crippen molar-refractivity contribution in [2.75, 3.05) is 11.9 Å². The number of para-hydroxylation sites is 1. The fourth-order valence-electron chi connectivity index (χ4n) is 3.99. The van der Waals surface area contributed by atoms with Crippen LogP contribution in [-0.2, 0) is 4.79 Å². The number of carbonyl (C=O) groups is 2. The van der Waals surface area contributed by atoms with Crippen LogP contribution in [0.5, 0.6) is 5.75 Å². The zero-order chi connectivity index (χ0) is 28.7. The SMILES string of the molecule is CCCCOc1cccc(-c2cc(C(=O)N/N=C(/C)c3cccc(NC(=O)C(C)(C)C)c3)c3ccccc3n2)c1. The summed E-state index contributed by atoms with van der Waals surface area (Å²) in [5.41, 5.74) is 6.98. The molecule has 2 N–H and O–H groups in total. The molecule has 206 valence electrons. The summed E-state index contributed by atoms with van der Waals surface area (Å²) in [6, 6.07) is 24.5. The van der Waals surface area contributed by atoms with Gasteiger partial charge in [0.25, 0.3) is 5.91 Å². The van der Waals surface area contributed by atoms with Gasteiger partial charge in [-0.2, -0.15) is 5.10 Å². The molecule has 4 aromatic rings. The minimum Gasteiger partial charge on any atom is -0.494 e. The Morgan fingerprint density at radius 2 is 1.73 bits per heavy atom. The lowest BCUT2D eigenvalue weighted by Gasteiger charge is -2.18. The first-order valence-corrected chi connectivity index (χ1v) is 13.6. The standard InChI is InChI=1S/C33H36N4O3/c1-6-7-18-40-26-15-11-13-24(20-26)30-21-28(27-16-8-9-17-29(27)35-30)31(38)37-36-22(2)23-12-10-14-25(19-23)34-32(39)33(3,4)5/h8-17,19-21H,6-7,18H2,1-5H3,(H,34,39)(H,37,38)/b36-22-. The number of ether oxygens (including phenoxy) is 1. The summed E-state index contributed by atoms with van der Waals surface area (Å²) in [4.78, 5) is 30.6. The summed E-state index contributed by atoms with van der Waals surface area (Å²) in [6.45, 7) is 10.2. The van der Waals surface area contributed by atoms with Gasteiger partial charge < -0.3 is 10.1 Å². The number of nitrogens with zero attached hydrogens (tertiary/aromatic N) is 2. The highest BCUT2D eigenvalue weighted by atomic mass is 16.5. The van der Waals surface area contributed by atoms with Crippen molar-refractivity contribution < 1.29 is 14.3 Å². The Balaban J connectivity index is 1.59. The molecular formula is C33H36N4O3. The molecule has 0 bridgehead atoms. The molecule has 0 radical (unpaired) electrons. The number of hydrogen-bond donors (Lipinski definition) is 2. The van der Waals surface area contributed by atoms with Gasteiger partial charge in [-0.1, -0.05) is 76.6 Å². The zero-order valence-corrected chi connectivity index (χ0v) is 23.7. The average Bonchev–Trinajstić information content (AvgIpc) is 2.95. The number of amides is 2. The highest BCUT2D eigenvalue weighted by molar-refractivity contribution is 6.08. The van der Waals surface area contributed by atoms with E-state index in [1.165, 1.54) is 0 Å². The molecule has 0 saturated heterocycles. The van der Waals surface area contributed by atoms with Gasteiger partial charge in [0.2, 0.25) is 5.91 Å². The van der Waals surface area contributed by atoms with Gasteiger partial charge >= 0.3 is 0 Å². The number of anilines is 1. The van der Waals surface area contributed by atoms with E-state index in [-0.39, 0.29) is 11.8 Å². The lowest BCUT2D eigenvalue weighted by molar-refractivity contribution is -0.123. The predicted octanol–water partition coefficient (Wildman–Crippen LogP) is 7.22. The first kappa shape index (κ1) is 28.5. The van der Waals surface area contributed by atoms with E-state index in [0.29, 0.717) is 34.8 Å². The molecule has 0 aliphatic heterocycles. The van der Waals surface area contributed by atoms with Gasteiger partial charge in [0.15, 0.2) is 0 Å². The quantitative estimate of drug-likeness (QED) is 0.134. The van der Waals surface area contributed by atoms with Crippen molar-refractivity contribution in [3.63, 3.8) is 0 Å². The summed E-state index contributed by atoms with van der Waals surface area (Å²) in [5.74, 6) is 0.353. The number of benzene rings is 3. The van der Waals surface area contributed by atoms with Crippen LogP contribution in [0.25, 0.3) is 22.2 Å². The Labute approximate surface area is 235 Å². The lowest BCUT2D eigenvalue weighted by atomic mass is 9.95. The molecule has 4 rings (SSSR count). The lowest BCUT2D eigenvalue weighted by Crippen LogP contribution is -2.27. The monoisotopic (exact) mass is 536 g/mol. The van der Waals surface area contributed by atoms with Crippen LogP contribution in [-0.4, -0.2) is 29.1 Å². The zero-order valence-electron chi connectivity index (χ0n) is 23.7. The van der Waals surface area contributed by atoms with Crippen LogP contribution in [0.4, 0.5) is 5.69 Å². The fraction of sp³-hybridized carbons (Fsp3) is 0.273. The Hall–Kier alpha value is -4.52. The summed E-state index contributed by atoms with van der Waals surface area (Å²) >= 11 is 0. The van der Waals surface area contributed by atoms with Crippen LogP contribution < -0.4 is 15.5 Å². The van der Waals surface area contributed by atoms with E-state index >= 15 is 0 Å². The van der Waals surface area contributed by atoms with E-state index in [2.05, 4.69) is 22.8 Å². The first-order chi connectivity index (χ1) is 19.2. The third kappa shape index (κ3) is 7.11. The van der Waals surface area contributed by atoms with Crippen LogP contribution in [0.2, 0.25) is 0 Å². The number of unbranched alkanes of at least 4 members (excludes halogenated alkanes) is 1. The third-order valence-corrected chi connectivity index (χ3v) is 6.40. The van der Waals surface area contributed by atoms with E-state index in [1.807, 2.05) is 100 Å². The Kier molecular flexibility index (Phi) is 8.94. The minimum atomic E-state index is -0.511. The van der Waals surface area contributed by atoms with Gasteiger partial charge in [0.1, 0.15) is 5.75 Å². The van der Waals surface area contributed by atoms with Gasteiger partial charge in [-0.3, -0.25) is 9.59 Å². The maximum Gasteiger partial charge on any atom is 0.272 e. The van der Waals surface area contributed by atoms with E-state index < -0.39 is 5.41 Å². The van der Waals surface area contributed by atoms with Gasteiger partial charge in [-0.15, -0.1) is 0 Å². The number of hydrazone groups is 1. The normalized spacial score (nSPS) is 11.8. The molecule has 0 spiro atoms.